The summed E-state index contributed by atoms with van der Waals surface area (Å²) in [5.41, 5.74) is 2.79. The van der Waals surface area contributed by atoms with Gasteiger partial charge in [-0.2, -0.15) is 5.10 Å². The van der Waals surface area contributed by atoms with E-state index >= 15 is 0 Å². The molecule has 25 heavy (non-hydrogen) atoms. The Hall–Kier alpha value is -1.89. The molecule has 0 radical (unpaired) electrons. The number of hydrogen-bond acceptors (Lipinski definition) is 4. The molecule has 1 N–H and O–H groups in total. The quantitative estimate of drug-likeness (QED) is 0.848. The lowest BCUT2D eigenvalue weighted by Gasteiger charge is -2.38. The Bertz CT molecular complexity index is 662. The van der Waals surface area contributed by atoms with E-state index in [4.69, 9.17) is 0 Å². The second-order valence-electron chi connectivity index (χ2n) is 7.60. The summed E-state index contributed by atoms with van der Waals surface area (Å²) in [7, 11) is 2.09. The van der Waals surface area contributed by atoms with Gasteiger partial charge in [-0.3, -0.25) is 14.7 Å². The van der Waals surface area contributed by atoms with E-state index in [9.17, 15) is 9.59 Å². The van der Waals surface area contributed by atoms with Crippen LogP contribution >= 0.6 is 0 Å². The van der Waals surface area contributed by atoms with Crippen molar-refractivity contribution < 1.29 is 9.59 Å². The number of aromatic amines is 1. The number of aryl methyl sites for hydroxylation is 1. The average molecular weight is 345 g/mol. The number of carbonyl (C=O) groups excluding carboxylic acids is 2. The molecule has 3 aliphatic rings. The van der Waals surface area contributed by atoms with Crippen LogP contribution < -0.4 is 0 Å². The van der Waals surface area contributed by atoms with Crippen molar-refractivity contribution in [1.82, 2.24) is 24.9 Å². The van der Waals surface area contributed by atoms with E-state index in [0.717, 1.165) is 76.1 Å². The van der Waals surface area contributed by atoms with Crippen LogP contribution in [0.3, 0.4) is 0 Å². The highest BCUT2D eigenvalue weighted by atomic mass is 16.2. The lowest BCUT2D eigenvalue weighted by Crippen LogP contribution is -2.52. The van der Waals surface area contributed by atoms with Gasteiger partial charge in [0.2, 0.25) is 5.91 Å². The average Bonchev–Trinajstić information content (AvgIpc) is 3.25. The Morgan fingerprint density at radius 1 is 1.04 bits per heavy atom. The van der Waals surface area contributed by atoms with Crippen LogP contribution in [0, 0.1) is 5.92 Å². The van der Waals surface area contributed by atoms with Crippen LogP contribution in [0.4, 0.5) is 0 Å². The lowest BCUT2D eigenvalue weighted by atomic mass is 9.95. The fourth-order valence-electron chi connectivity index (χ4n) is 4.29. The predicted octanol–water partition coefficient (Wildman–Crippen LogP) is 0.525. The summed E-state index contributed by atoms with van der Waals surface area (Å²) >= 11 is 0. The molecule has 2 amide bonds. The van der Waals surface area contributed by atoms with Gasteiger partial charge >= 0.3 is 0 Å². The minimum atomic E-state index is -0.0619. The van der Waals surface area contributed by atoms with Gasteiger partial charge in [-0.1, -0.05) is 0 Å². The number of piperazine rings is 1. The summed E-state index contributed by atoms with van der Waals surface area (Å²) in [6.07, 6.45) is 4.79. The fraction of sp³-hybridized carbons (Fsp3) is 0.722. The highest BCUT2D eigenvalue weighted by molar-refractivity contribution is 5.94. The van der Waals surface area contributed by atoms with Crippen LogP contribution in [0.5, 0.6) is 0 Å². The number of rotatable bonds is 2. The van der Waals surface area contributed by atoms with Crippen LogP contribution in [0.2, 0.25) is 0 Å². The normalized spacial score (nSPS) is 24.4. The number of likely N-dealkylation sites (tertiary alicyclic amines) is 1. The molecule has 0 aromatic carbocycles. The Morgan fingerprint density at radius 2 is 1.84 bits per heavy atom. The smallest absolute Gasteiger partial charge is 0.274 e. The number of hydrogen-bond donors (Lipinski definition) is 1. The molecule has 2 fully saturated rings. The van der Waals surface area contributed by atoms with E-state index in [1.54, 1.807) is 0 Å². The molecule has 2 aliphatic heterocycles. The SMILES string of the molecule is CN1CCN(C(=O)C2CCCN(C(=O)c3n[nH]c4c3CCC4)C2)CC1. The van der Waals surface area contributed by atoms with Crippen molar-refractivity contribution >= 4 is 11.8 Å². The zero-order chi connectivity index (χ0) is 17.4. The molecule has 1 aliphatic carbocycles. The number of nitrogens with zero attached hydrogens (tertiary/aromatic N) is 4. The molecular formula is C18H27N5O2. The Labute approximate surface area is 148 Å². The fourth-order valence-corrected chi connectivity index (χ4v) is 4.29. The number of likely N-dealkylation sites (N-methyl/N-ethyl adjacent to an activating group) is 1. The van der Waals surface area contributed by atoms with E-state index < -0.39 is 0 Å². The molecular weight excluding hydrogens is 318 g/mol. The number of H-pyrrole nitrogens is 1. The molecule has 1 aromatic rings. The number of carbonyl (C=O) groups is 2. The van der Waals surface area contributed by atoms with E-state index in [2.05, 4.69) is 22.1 Å². The van der Waals surface area contributed by atoms with Crippen molar-refractivity contribution in [3.8, 4) is 0 Å². The maximum atomic E-state index is 12.9. The lowest BCUT2D eigenvalue weighted by molar-refractivity contribution is -0.138. The summed E-state index contributed by atoms with van der Waals surface area (Å²) in [5.74, 6) is 0.154. The largest absolute Gasteiger partial charge is 0.340 e. The van der Waals surface area contributed by atoms with Crippen molar-refractivity contribution in [1.29, 1.82) is 0 Å². The molecule has 3 heterocycles. The zero-order valence-corrected chi connectivity index (χ0v) is 15.0. The van der Waals surface area contributed by atoms with Crippen molar-refractivity contribution in [2.24, 2.45) is 5.92 Å². The molecule has 4 rings (SSSR count). The van der Waals surface area contributed by atoms with Gasteiger partial charge < -0.3 is 14.7 Å². The third-order valence-corrected chi connectivity index (χ3v) is 5.88. The second kappa shape index (κ2) is 6.78. The van der Waals surface area contributed by atoms with E-state index in [1.807, 2.05) is 9.80 Å². The minimum absolute atomic E-state index is 0.00437. The Kier molecular flexibility index (Phi) is 4.50. The van der Waals surface area contributed by atoms with Gasteiger partial charge in [-0.05, 0) is 39.2 Å². The van der Waals surface area contributed by atoms with Crippen LogP contribution in [-0.2, 0) is 17.6 Å². The Morgan fingerprint density at radius 3 is 2.64 bits per heavy atom. The standard InChI is InChI=1S/C18H27N5O2/c1-21-8-10-22(11-9-21)17(24)13-4-3-7-23(12-13)18(25)16-14-5-2-6-15(14)19-20-16/h13H,2-12H2,1H3,(H,19,20). The molecule has 1 unspecified atom stereocenters. The Balaban J connectivity index is 1.42. The second-order valence-corrected chi connectivity index (χ2v) is 7.60. The molecule has 136 valence electrons. The van der Waals surface area contributed by atoms with E-state index in [1.165, 1.54) is 0 Å². The predicted molar refractivity (Wildman–Crippen MR) is 93.3 cm³/mol. The van der Waals surface area contributed by atoms with E-state index in [-0.39, 0.29) is 17.7 Å². The summed E-state index contributed by atoms with van der Waals surface area (Å²) < 4.78 is 0. The summed E-state index contributed by atoms with van der Waals surface area (Å²) in [6, 6.07) is 0. The first-order valence-electron chi connectivity index (χ1n) is 9.46. The molecule has 0 spiro atoms. The molecule has 0 saturated carbocycles. The van der Waals surface area contributed by atoms with Crippen molar-refractivity contribution in [3.63, 3.8) is 0 Å². The van der Waals surface area contributed by atoms with Crippen LogP contribution in [0.1, 0.15) is 41.0 Å². The minimum Gasteiger partial charge on any atom is -0.340 e. The maximum Gasteiger partial charge on any atom is 0.274 e. The van der Waals surface area contributed by atoms with E-state index in [0.29, 0.717) is 12.2 Å². The number of nitrogens with one attached hydrogen (secondary N) is 1. The number of piperidine rings is 1. The summed E-state index contributed by atoms with van der Waals surface area (Å²) in [4.78, 5) is 31.8. The first-order chi connectivity index (χ1) is 12.1. The van der Waals surface area contributed by atoms with Crippen molar-refractivity contribution in [2.75, 3.05) is 46.3 Å². The molecule has 1 aromatic heterocycles. The van der Waals surface area contributed by atoms with Crippen LogP contribution in [0.15, 0.2) is 0 Å². The molecule has 1 atom stereocenters. The number of amides is 2. The monoisotopic (exact) mass is 345 g/mol. The maximum absolute atomic E-state index is 12.9. The number of aromatic nitrogens is 2. The zero-order valence-electron chi connectivity index (χ0n) is 15.0. The highest BCUT2D eigenvalue weighted by Gasteiger charge is 2.34. The topological polar surface area (TPSA) is 72.5 Å². The van der Waals surface area contributed by atoms with Gasteiger partial charge in [-0.25, -0.2) is 0 Å². The van der Waals surface area contributed by atoms with Gasteiger partial charge in [0.15, 0.2) is 5.69 Å². The highest BCUT2D eigenvalue weighted by Crippen LogP contribution is 2.26. The third-order valence-electron chi connectivity index (χ3n) is 5.88. The van der Waals surface area contributed by atoms with Crippen molar-refractivity contribution in [2.45, 2.75) is 32.1 Å². The first kappa shape index (κ1) is 16.6. The van der Waals surface area contributed by atoms with Gasteiger partial charge in [0.1, 0.15) is 0 Å². The van der Waals surface area contributed by atoms with Gasteiger partial charge in [0.05, 0.1) is 5.92 Å². The third kappa shape index (κ3) is 3.17. The summed E-state index contributed by atoms with van der Waals surface area (Å²) in [6.45, 7) is 4.72. The molecule has 7 nitrogen and oxygen atoms in total. The molecule has 0 bridgehead atoms. The number of fused-ring (bicyclic) bond motifs is 1. The van der Waals surface area contributed by atoms with Gasteiger partial charge in [-0.15, -0.1) is 0 Å². The van der Waals surface area contributed by atoms with Crippen molar-refractivity contribution in [3.05, 3.63) is 17.0 Å². The van der Waals surface area contributed by atoms with Gasteiger partial charge in [0.25, 0.3) is 5.91 Å². The van der Waals surface area contributed by atoms with Crippen LogP contribution in [-0.4, -0.2) is 83.0 Å². The molecule has 7 heteroatoms. The van der Waals surface area contributed by atoms with Crippen LogP contribution in [0.25, 0.3) is 0 Å². The summed E-state index contributed by atoms with van der Waals surface area (Å²) in [5, 5.41) is 7.28. The first-order valence-corrected chi connectivity index (χ1v) is 9.46. The van der Waals surface area contributed by atoms with Gasteiger partial charge in [0, 0.05) is 50.5 Å². The molecule has 2 saturated heterocycles.